The average Bonchev–Trinajstić information content (AvgIpc) is 2.94. The van der Waals surface area contributed by atoms with Gasteiger partial charge in [-0.05, 0) is 54.2 Å². The number of halogens is 3. The van der Waals surface area contributed by atoms with Crippen molar-refractivity contribution >= 4 is 0 Å². The first kappa shape index (κ1) is 28.1. The van der Waals surface area contributed by atoms with Crippen LogP contribution in [0.4, 0.5) is 13.2 Å². The fourth-order valence-electron chi connectivity index (χ4n) is 4.93. The molecular weight excluding hydrogens is 485 g/mol. The molecule has 0 bridgehead atoms. The highest BCUT2D eigenvalue weighted by atomic mass is 19.2. The minimum atomic E-state index is -0.828. The molecule has 0 spiro atoms. The summed E-state index contributed by atoms with van der Waals surface area (Å²) in [6.45, 7) is 5.00. The number of benzene rings is 3. The molecule has 2 nitrogen and oxygen atoms in total. The second kappa shape index (κ2) is 13.8. The smallest absolute Gasteiger partial charge is 0.176 e. The molecule has 3 aromatic rings. The summed E-state index contributed by atoms with van der Waals surface area (Å²) in [6, 6.07) is 15.4. The van der Waals surface area contributed by atoms with E-state index < -0.39 is 11.6 Å². The number of rotatable bonds is 11. The highest BCUT2D eigenvalue weighted by Gasteiger charge is 2.23. The molecule has 202 valence electrons. The Bertz CT molecular complexity index is 1210. The van der Waals surface area contributed by atoms with Crippen LogP contribution in [0.2, 0.25) is 0 Å². The molecule has 1 aliphatic rings. The summed E-state index contributed by atoms with van der Waals surface area (Å²) in [7, 11) is 0. The summed E-state index contributed by atoms with van der Waals surface area (Å²) in [6.07, 6.45) is 10.5. The van der Waals surface area contributed by atoms with E-state index in [1.165, 1.54) is 25.3 Å². The molecule has 0 aromatic heterocycles. The van der Waals surface area contributed by atoms with Crippen molar-refractivity contribution < 1.29 is 22.6 Å². The SMILES string of the molecule is CC=CC1OCC(c2ccc(-c3ccc(-c4ccc(CCCCCCCC)c(F)c4F)cc3)c(F)c2)CO1. The molecule has 1 heterocycles. The van der Waals surface area contributed by atoms with Gasteiger partial charge in [0.05, 0.1) is 13.2 Å². The second-order valence-electron chi connectivity index (χ2n) is 9.99. The van der Waals surface area contributed by atoms with Gasteiger partial charge < -0.3 is 9.47 Å². The van der Waals surface area contributed by atoms with Crippen molar-refractivity contribution in [2.75, 3.05) is 13.2 Å². The van der Waals surface area contributed by atoms with E-state index in [-0.39, 0.29) is 23.6 Å². The van der Waals surface area contributed by atoms with Gasteiger partial charge in [0.15, 0.2) is 17.9 Å². The number of hydrogen-bond acceptors (Lipinski definition) is 2. The zero-order valence-electron chi connectivity index (χ0n) is 22.3. The maximum absolute atomic E-state index is 15.1. The summed E-state index contributed by atoms with van der Waals surface area (Å²) in [4.78, 5) is 0. The molecule has 0 atom stereocenters. The molecule has 0 N–H and O–H groups in total. The fraction of sp³-hybridized carbons (Fsp3) is 0.394. The molecule has 1 saturated heterocycles. The Morgan fingerprint density at radius 1 is 0.763 bits per heavy atom. The van der Waals surface area contributed by atoms with E-state index in [2.05, 4.69) is 6.92 Å². The van der Waals surface area contributed by atoms with Gasteiger partial charge in [0.2, 0.25) is 0 Å². The van der Waals surface area contributed by atoms with Gasteiger partial charge in [0, 0.05) is 17.0 Å². The average molecular weight is 523 g/mol. The number of hydrogen-bond donors (Lipinski definition) is 0. The Hall–Kier alpha value is -2.89. The predicted octanol–water partition coefficient (Wildman–Crippen LogP) is 9.37. The normalized spacial score (nSPS) is 17.8. The van der Waals surface area contributed by atoms with E-state index in [9.17, 15) is 8.78 Å². The molecule has 1 fully saturated rings. The zero-order chi connectivity index (χ0) is 26.9. The highest BCUT2D eigenvalue weighted by molar-refractivity contribution is 5.71. The standard InChI is InChI=1S/C33H37F3O2/c1-3-5-6-7-8-9-11-25-16-19-29(33(36)32(25)35)24-14-12-23(13-15-24)28-18-17-26(20-30(28)34)27-21-37-31(10-4-2)38-22-27/h4,10,12-20,27,31H,3,5-9,11,21-22H2,1-2H3. The maximum Gasteiger partial charge on any atom is 0.176 e. The predicted molar refractivity (Wildman–Crippen MR) is 148 cm³/mol. The van der Waals surface area contributed by atoms with Gasteiger partial charge in [-0.1, -0.05) is 93.6 Å². The quantitative estimate of drug-likeness (QED) is 0.184. The molecule has 3 aromatic carbocycles. The largest absolute Gasteiger partial charge is 0.348 e. The molecule has 0 amide bonds. The van der Waals surface area contributed by atoms with Crippen molar-refractivity contribution in [3.8, 4) is 22.3 Å². The lowest BCUT2D eigenvalue weighted by Gasteiger charge is -2.28. The van der Waals surface area contributed by atoms with Gasteiger partial charge in [-0.25, -0.2) is 13.2 Å². The third-order valence-corrected chi connectivity index (χ3v) is 7.21. The van der Waals surface area contributed by atoms with Gasteiger partial charge in [0.25, 0.3) is 0 Å². The summed E-state index contributed by atoms with van der Waals surface area (Å²) < 4.78 is 56.1. The molecule has 5 heteroatoms. The van der Waals surface area contributed by atoms with Crippen LogP contribution >= 0.6 is 0 Å². The van der Waals surface area contributed by atoms with Crippen LogP contribution in [-0.2, 0) is 15.9 Å². The number of aryl methyl sites for hydroxylation is 1. The molecule has 0 saturated carbocycles. The van der Waals surface area contributed by atoms with Gasteiger partial charge in [-0.3, -0.25) is 0 Å². The van der Waals surface area contributed by atoms with Crippen LogP contribution in [0.5, 0.6) is 0 Å². The summed E-state index contributed by atoms with van der Waals surface area (Å²) in [5.74, 6) is -1.98. The Morgan fingerprint density at radius 3 is 2.05 bits per heavy atom. The number of allylic oxidation sites excluding steroid dienone is 1. The lowest BCUT2D eigenvalue weighted by molar-refractivity contribution is -0.159. The third kappa shape index (κ3) is 6.95. The Labute approximate surface area is 224 Å². The fourth-order valence-corrected chi connectivity index (χ4v) is 4.93. The van der Waals surface area contributed by atoms with Crippen LogP contribution in [0.25, 0.3) is 22.3 Å². The number of unbranched alkanes of at least 4 members (excludes halogenated alkanes) is 5. The third-order valence-electron chi connectivity index (χ3n) is 7.21. The number of ether oxygens (including phenoxy) is 2. The van der Waals surface area contributed by atoms with Crippen molar-refractivity contribution in [1.82, 2.24) is 0 Å². The molecule has 38 heavy (non-hydrogen) atoms. The molecule has 0 unspecified atom stereocenters. The highest BCUT2D eigenvalue weighted by Crippen LogP contribution is 2.32. The minimum absolute atomic E-state index is 0.0377. The van der Waals surface area contributed by atoms with Gasteiger partial charge in [-0.15, -0.1) is 0 Å². The van der Waals surface area contributed by atoms with Crippen molar-refractivity contribution in [3.63, 3.8) is 0 Å². The topological polar surface area (TPSA) is 18.5 Å². The lowest BCUT2D eigenvalue weighted by Crippen LogP contribution is -2.29. The first-order valence-corrected chi connectivity index (χ1v) is 13.7. The van der Waals surface area contributed by atoms with E-state index in [0.29, 0.717) is 41.9 Å². The Balaban J connectivity index is 1.41. The van der Waals surface area contributed by atoms with Crippen LogP contribution in [0.1, 0.15) is 69.4 Å². The second-order valence-corrected chi connectivity index (χ2v) is 9.99. The van der Waals surface area contributed by atoms with E-state index in [1.54, 1.807) is 42.5 Å². The minimum Gasteiger partial charge on any atom is -0.348 e. The molecule has 1 aliphatic heterocycles. The van der Waals surface area contributed by atoms with Gasteiger partial charge in [-0.2, -0.15) is 0 Å². The molecular formula is C33H37F3O2. The lowest BCUT2D eigenvalue weighted by atomic mass is 9.94. The maximum atomic E-state index is 15.1. The zero-order valence-corrected chi connectivity index (χ0v) is 22.3. The van der Waals surface area contributed by atoms with E-state index in [0.717, 1.165) is 24.8 Å². The van der Waals surface area contributed by atoms with Crippen LogP contribution in [0.15, 0.2) is 66.7 Å². The monoisotopic (exact) mass is 522 g/mol. The van der Waals surface area contributed by atoms with E-state index in [4.69, 9.17) is 9.47 Å². The Kier molecular flexibility index (Phi) is 10.2. The van der Waals surface area contributed by atoms with Gasteiger partial charge in [0.1, 0.15) is 5.82 Å². The molecule has 0 radical (unpaired) electrons. The van der Waals surface area contributed by atoms with Crippen LogP contribution in [0.3, 0.4) is 0 Å². The summed E-state index contributed by atoms with van der Waals surface area (Å²) in [5.41, 5.74) is 3.13. The summed E-state index contributed by atoms with van der Waals surface area (Å²) in [5, 5.41) is 0. The molecule has 4 rings (SSSR count). The van der Waals surface area contributed by atoms with Crippen LogP contribution < -0.4 is 0 Å². The Morgan fingerprint density at radius 2 is 1.39 bits per heavy atom. The molecule has 0 aliphatic carbocycles. The van der Waals surface area contributed by atoms with Gasteiger partial charge >= 0.3 is 0 Å². The summed E-state index contributed by atoms with van der Waals surface area (Å²) >= 11 is 0. The van der Waals surface area contributed by atoms with Crippen molar-refractivity contribution in [3.05, 3.63) is 95.3 Å². The first-order valence-electron chi connectivity index (χ1n) is 13.7. The van der Waals surface area contributed by atoms with Crippen molar-refractivity contribution in [2.45, 2.75) is 71.0 Å². The van der Waals surface area contributed by atoms with E-state index in [1.807, 2.05) is 25.1 Å². The van der Waals surface area contributed by atoms with Crippen molar-refractivity contribution in [2.24, 2.45) is 0 Å². The van der Waals surface area contributed by atoms with Crippen LogP contribution in [0, 0.1) is 17.5 Å². The first-order chi connectivity index (χ1) is 18.5. The van der Waals surface area contributed by atoms with E-state index >= 15 is 4.39 Å². The van der Waals surface area contributed by atoms with Crippen molar-refractivity contribution in [1.29, 1.82) is 0 Å². The van der Waals surface area contributed by atoms with Crippen LogP contribution in [-0.4, -0.2) is 19.5 Å².